The highest BCUT2D eigenvalue weighted by atomic mass is 16.3. The number of likely N-dealkylation sites (tertiary alicyclic amines) is 1. The van der Waals surface area contributed by atoms with Crippen LogP contribution in [0.1, 0.15) is 34.5 Å². The number of piperidine rings is 1. The van der Waals surface area contributed by atoms with Crippen molar-refractivity contribution in [3.63, 3.8) is 0 Å². The van der Waals surface area contributed by atoms with E-state index < -0.39 is 5.60 Å². The molecule has 1 fully saturated rings. The lowest BCUT2D eigenvalue weighted by atomic mass is 9.87. The Labute approximate surface area is 187 Å². The van der Waals surface area contributed by atoms with Crippen molar-refractivity contribution in [1.82, 2.24) is 19.7 Å². The summed E-state index contributed by atoms with van der Waals surface area (Å²) in [7, 11) is 1.92. The molecule has 1 saturated heterocycles. The zero-order valence-electron chi connectivity index (χ0n) is 18.3. The summed E-state index contributed by atoms with van der Waals surface area (Å²) in [5.41, 5.74) is 3.50. The Balaban J connectivity index is 1.42. The molecule has 6 nitrogen and oxygen atoms in total. The summed E-state index contributed by atoms with van der Waals surface area (Å²) in [4.78, 5) is 19.7. The number of hydrogen-bond acceptors (Lipinski definition) is 4. The number of aliphatic hydroxyl groups is 1. The van der Waals surface area contributed by atoms with E-state index in [0.29, 0.717) is 37.2 Å². The lowest BCUT2D eigenvalue weighted by molar-refractivity contribution is -0.0243. The first-order valence-electron chi connectivity index (χ1n) is 10.9. The highest BCUT2D eigenvalue weighted by molar-refractivity contribution is 6.10. The van der Waals surface area contributed by atoms with Crippen molar-refractivity contribution in [2.45, 2.75) is 25.4 Å². The second kappa shape index (κ2) is 7.88. The quantitative estimate of drug-likeness (QED) is 0.536. The van der Waals surface area contributed by atoms with Crippen LogP contribution >= 0.6 is 0 Å². The first kappa shape index (κ1) is 20.4. The molecule has 5 rings (SSSR count). The Kier molecular flexibility index (Phi) is 5.02. The molecule has 0 spiro atoms. The Morgan fingerprint density at radius 3 is 2.44 bits per heavy atom. The maximum absolute atomic E-state index is 13.5. The van der Waals surface area contributed by atoms with Crippen LogP contribution in [-0.4, -0.2) is 43.8 Å². The highest BCUT2D eigenvalue weighted by Crippen LogP contribution is 2.34. The van der Waals surface area contributed by atoms with Crippen LogP contribution in [0, 0.1) is 6.92 Å². The average molecular weight is 427 g/mol. The molecule has 162 valence electrons. The van der Waals surface area contributed by atoms with Gasteiger partial charge in [0.2, 0.25) is 0 Å². The molecule has 1 aliphatic heterocycles. The number of hydrogen-bond donors (Lipinski definition) is 1. The van der Waals surface area contributed by atoms with E-state index in [2.05, 4.69) is 16.1 Å². The first-order chi connectivity index (χ1) is 15.5. The zero-order valence-corrected chi connectivity index (χ0v) is 18.3. The van der Waals surface area contributed by atoms with Crippen molar-refractivity contribution in [2.24, 2.45) is 7.05 Å². The van der Waals surface area contributed by atoms with Crippen LogP contribution in [0.15, 0.2) is 67.0 Å². The molecule has 4 aromatic rings. The number of aryl methyl sites for hydroxylation is 2. The monoisotopic (exact) mass is 426 g/mol. The lowest BCUT2D eigenvalue weighted by Gasteiger charge is -2.38. The van der Waals surface area contributed by atoms with Gasteiger partial charge in [0, 0.05) is 43.7 Å². The van der Waals surface area contributed by atoms with Crippen LogP contribution in [0.4, 0.5) is 0 Å². The summed E-state index contributed by atoms with van der Waals surface area (Å²) in [6, 6.07) is 17.7. The maximum Gasteiger partial charge on any atom is 0.254 e. The van der Waals surface area contributed by atoms with Gasteiger partial charge in [-0.25, -0.2) is 0 Å². The smallest absolute Gasteiger partial charge is 0.254 e. The SMILES string of the molecule is Cc1ccc(C2(O)CCN(C(=O)c3cccc4c(-c5ccnn5C)cccc34)CC2)nc1. The van der Waals surface area contributed by atoms with E-state index >= 15 is 0 Å². The minimum atomic E-state index is -0.990. The molecule has 2 aromatic carbocycles. The topological polar surface area (TPSA) is 71.2 Å². The molecular formula is C26H26N4O2. The number of aromatic nitrogens is 3. The average Bonchev–Trinajstić information content (AvgIpc) is 3.24. The molecule has 1 aliphatic rings. The van der Waals surface area contributed by atoms with E-state index in [0.717, 1.165) is 27.6 Å². The van der Waals surface area contributed by atoms with Gasteiger partial charge in [-0.3, -0.25) is 14.5 Å². The molecule has 0 radical (unpaired) electrons. The van der Waals surface area contributed by atoms with E-state index in [9.17, 15) is 9.90 Å². The summed E-state index contributed by atoms with van der Waals surface area (Å²) in [6.45, 7) is 2.96. The van der Waals surface area contributed by atoms with Gasteiger partial charge in [-0.2, -0.15) is 5.10 Å². The number of amides is 1. The van der Waals surface area contributed by atoms with E-state index in [1.54, 1.807) is 12.4 Å². The van der Waals surface area contributed by atoms with Gasteiger partial charge >= 0.3 is 0 Å². The summed E-state index contributed by atoms with van der Waals surface area (Å²) >= 11 is 0. The van der Waals surface area contributed by atoms with Gasteiger partial charge < -0.3 is 10.0 Å². The van der Waals surface area contributed by atoms with Crippen molar-refractivity contribution in [2.75, 3.05) is 13.1 Å². The summed E-state index contributed by atoms with van der Waals surface area (Å²) in [6.07, 6.45) is 4.50. The van der Waals surface area contributed by atoms with E-state index in [1.807, 2.05) is 72.1 Å². The maximum atomic E-state index is 13.5. The van der Waals surface area contributed by atoms with Crippen LogP contribution < -0.4 is 0 Å². The zero-order chi connectivity index (χ0) is 22.3. The molecule has 1 N–H and O–H groups in total. The normalized spacial score (nSPS) is 15.8. The fourth-order valence-corrected chi connectivity index (χ4v) is 4.61. The van der Waals surface area contributed by atoms with Gasteiger partial charge in [-0.05, 0) is 54.3 Å². The standard InChI is InChI=1S/C26H26N4O2/c1-18-9-10-24(27-17-18)26(32)12-15-30(16-13-26)25(31)22-8-4-5-19-20(22)6-3-7-21(19)23-11-14-28-29(23)2/h3-11,14,17,32H,12-13,15-16H2,1-2H3. The van der Waals surface area contributed by atoms with Crippen LogP contribution in [0.5, 0.6) is 0 Å². The number of rotatable bonds is 3. The van der Waals surface area contributed by atoms with Crippen LogP contribution in [0.3, 0.4) is 0 Å². The molecule has 0 saturated carbocycles. The number of fused-ring (bicyclic) bond motifs is 1. The van der Waals surface area contributed by atoms with Gasteiger partial charge in [0.05, 0.1) is 11.4 Å². The Morgan fingerprint density at radius 1 is 1.00 bits per heavy atom. The largest absolute Gasteiger partial charge is 0.383 e. The summed E-state index contributed by atoms with van der Waals surface area (Å²) in [5.74, 6) is -0.00308. The fraction of sp³-hybridized carbons (Fsp3) is 0.269. The number of carbonyl (C=O) groups is 1. The second-order valence-electron chi connectivity index (χ2n) is 8.59. The van der Waals surface area contributed by atoms with Crippen molar-refractivity contribution >= 4 is 16.7 Å². The number of pyridine rings is 1. The minimum absolute atomic E-state index is 0.00308. The summed E-state index contributed by atoms with van der Waals surface area (Å²) in [5, 5.41) is 17.4. The molecule has 0 bridgehead atoms. The molecule has 1 amide bonds. The van der Waals surface area contributed by atoms with E-state index in [-0.39, 0.29) is 5.91 Å². The second-order valence-corrected chi connectivity index (χ2v) is 8.59. The minimum Gasteiger partial charge on any atom is -0.383 e. The van der Waals surface area contributed by atoms with Crippen LogP contribution in [0.2, 0.25) is 0 Å². The van der Waals surface area contributed by atoms with Gasteiger partial charge in [-0.1, -0.05) is 36.4 Å². The van der Waals surface area contributed by atoms with Gasteiger partial charge in [0.15, 0.2) is 0 Å². The van der Waals surface area contributed by atoms with Gasteiger partial charge in [0.25, 0.3) is 5.91 Å². The van der Waals surface area contributed by atoms with Gasteiger partial charge in [0.1, 0.15) is 5.60 Å². The Bertz CT molecular complexity index is 1280. The molecule has 6 heteroatoms. The number of carbonyl (C=O) groups excluding carboxylic acids is 1. The predicted molar refractivity (Wildman–Crippen MR) is 124 cm³/mol. The van der Waals surface area contributed by atoms with Gasteiger partial charge in [-0.15, -0.1) is 0 Å². The van der Waals surface area contributed by atoms with E-state index in [1.165, 1.54) is 0 Å². The van der Waals surface area contributed by atoms with Crippen molar-refractivity contribution in [3.8, 4) is 11.3 Å². The highest BCUT2D eigenvalue weighted by Gasteiger charge is 2.37. The molecule has 0 unspecified atom stereocenters. The third-order valence-electron chi connectivity index (χ3n) is 6.52. The van der Waals surface area contributed by atoms with Crippen molar-refractivity contribution in [1.29, 1.82) is 0 Å². The molecule has 32 heavy (non-hydrogen) atoms. The van der Waals surface area contributed by atoms with Crippen molar-refractivity contribution < 1.29 is 9.90 Å². The number of nitrogens with zero attached hydrogens (tertiary/aromatic N) is 4. The molecule has 3 heterocycles. The molecule has 2 aromatic heterocycles. The lowest BCUT2D eigenvalue weighted by Crippen LogP contribution is -2.45. The third-order valence-corrected chi connectivity index (χ3v) is 6.52. The third kappa shape index (κ3) is 3.46. The Hall–Kier alpha value is -3.51. The fourth-order valence-electron chi connectivity index (χ4n) is 4.61. The Morgan fingerprint density at radius 2 is 1.75 bits per heavy atom. The van der Waals surface area contributed by atoms with Crippen molar-refractivity contribution in [3.05, 3.63) is 83.8 Å². The number of benzene rings is 2. The van der Waals surface area contributed by atoms with Crippen LogP contribution in [0.25, 0.3) is 22.0 Å². The molecular weight excluding hydrogens is 400 g/mol. The summed E-state index contributed by atoms with van der Waals surface area (Å²) < 4.78 is 1.84. The molecule has 0 atom stereocenters. The molecule has 0 aliphatic carbocycles. The van der Waals surface area contributed by atoms with E-state index in [4.69, 9.17) is 0 Å². The predicted octanol–water partition coefficient (Wildman–Crippen LogP) is 4.07. The first-order valence-corrected chi connectivity index (χ1v) is 10.9. The van der Waals surface area contributed by atoms with Crippen LogP contribution in [-0.2, 0) is 12.6 Å².